The van der Waals surface area contributed by atoms with Crippen LogP contribution in [-0.2, 0) is 4.79 Å². The predicted octanol–water partition coefficient (Wildman–Crippen LogP) is 1.99. The highest BCUT2D eigenvalue weighted by Crippen LogP contribution is 2.20. The minimum absolute atomic E-state index is 0.0506. The van der Waals surface area contributed by atoms with Gasteiger partial charge in [-0.15, -0.1) is 0 Å². The van der Waals surface area contributed by atoms with Crippen molar-refractivity contribution in [3.63, 3.8) is 0 Å². The third-order valence-corrected chi connectivity index (χ3v) is 3.92. The lowest BCUT2D eigenvalue weighted by molar-refractivity contribution is -0.129. The first-order valence-corrected chi connectivity index (χ1v) is 8.38. The van der Waals surface area contributed by atoms with Crippen LogP contribution in [0.4, 0.5) is 0 Å². The molecule has 8 nitrogen and oxygen atoms in total. The maximum absolute atomic E-state index is 12.2. The number of unbranched alkanes of at least 4 members (excludes halogenated alkanes) is 3. The molecule has 0 unspecified atom stereocenters. The maximum Gasteiger partial charge on any atom is 0.349 e. The van der Waals surface area contributed by atoms with E-state index in [1.54, 1.807) is 23.7 Å². The van der Waals surface area contributed by atoms with Gasteiger partial charge in [0, 0.05) is 18.4 Å². The molecule has 1 heterocycles. The average molecular weight is 362 g/mol. The molecular weight excluding hydrogens is 340 g/mol. The molecule has 1 aromatic heterocycles. The smallest absolute Gasteiger partial charge is 0.349 e. The van der Waals surface area contributed by atoms with Crippen LogP contribution in [0.3, 0.4) is 0 Å². The van der Waals surface area contributed by atoms with Crippen LogP contribution in [0.5, 0.6) is 5.75 Å². The van der Waals surface area contributed by atoms with Crippen LogP contribution in [-0.4, -0.2) is 30.7 Å². The molecular formula is C18H22N2O6. The number of carbonyl (C=O) groups excluding carboxylic acids is 2. The standard InChI is InChI=1S/C18H22N2O6/c1-25-13-7-8-15-12(10-13)11-14(18(23)26-15)17(22)19-9-5-3-2-4-6-16(21)20-24/h7-8,10-11,24H,2-6,9H2,1H3,(H,19,22)(H,20,21). The van der Waals surface area contributed by atoms with Gasteiger partial charge in [0.25, 0.3) is 5.91 Å². The number of amides is 2. The summed E-state index contributed by atoms with van der Waals surface area (Å²) in [6.45, 7) is 0.417. The van der Waals surface area contributed by atoms with Gasteiger partial charge in [0.1, 0.15) is 16.9 Å². The third kappa shape index (κ3) is 5.32. The quantitative estimate of drug-likeness (QED) is 0.272. The number of hydrogen-bond donors (Lipinski definition) is 3. The largest absolute Gasteiger partial charge is 0.497 e. The number of hydrogen-bond acceptors (Lipinski definition) is 6. The Morgan fingerprint density at radius 1 is 1.15 bits per heavy atom. The van der Waals surface area contributed by atoms with Crippen molar-refractivity contribution < 1.29 is 24.0 Å². The van der Waals surface area contributed by atoms with Crippen LogP contribution >= 0.6 is 0 Å². The van der Waals surface area contributed by atoms with Crippen LogP contribution in [0.2, 0.25) is 0 Å². The number of methoxy groups -OCH3 is 1. The van der Waals surface area contributed by atoms with Crippen molar-refractivity contribution in [2.45, 2.75) is 32.1 Å². The van der Waals surface area contributed by atoms with E-state index in [0.717, 1.165) is 19.3 Å². The minimum Gasteiger partial charge on any atom is -0.497 e. The third-order valence-electron chi connectivity index (χ3n) is 3.92. The summed E-state index contributed by atoms with van der Waals surface area (Å²) in [4.78, 5) is 35.0. The topological polar surface area (TPSA) is 118 Å². The van der Waals surface area contributed by atoms with Crippen molar-refractivity contribution in [2.75, 3.05) is 13.7 Å². The monoisotopic (exact) mass is 362 g/mol. The first kappa shape index (κ1) is 19.5. The van der Waals surface area contributed by atoms with E-state index in [1.807, 2.05) is 0 Å². The molecule has 0 aliphatic carbocycles. The number of carbonyl (C=O) groups is 2. The van der Waals surface area contributed by atoms with Gasteiger partial charge in [-0.2, -0.15) is 0 Å². The summed E-state index contributed by atoms with van der Waals surface area (Å²) in [5.41, 5.74) is 1.24. The summed E-state index contributed by atoms with van der Waals surface area (Å²) in [5.74, 6) is -0.284. The zero-order valence-electron chi connectivity index (χ0n) is 14.5. The van der Waals surface area contributed by atoms with Crippen LogP contribution in [0, 0.1) is 0 Å². The highest BCUT2D eigenvalue weighted by Gasteiger charge is 2.13. The Morgan fingerprint density at radius 3 is 2.65 bits per heavy atom. The van der Waals surface area contributed by atoms with E-state index in [4.69, 9.17) is 14.4 Å². The zero-order valence-corrected chi connectivity index (χ0v) is 14.5. The summed E-state index contributed by atoms with van der Waals surface area (Å²) in [5, 5.41) is 11.7. The fourth-order valence-electron chi connectivity index (χ4n) is 2.50. The molecule has 26 heavy (non-hydrogen) atoms. The van der Waals surface area contributed by atoms with E-state index in [9.17, 15) is 14.4 Å². The number of ether oxygens (including phenoxy) is 1. The maximum atomic E-state index is 12.2. The van der Waals surface area contributed by atoms with Gasteiger partial charge in [-0.3, -0.25) is 14.8 Å². The summed E-state index contributed by atoms with van der Waals surface area (Å²) in [6.07, 6.45) is 3.28. The molecule has 0 aliphatic heterocycles. The van der Waals surface area contributed by atoms with E-state index >= 15 is 0 Å². The van der Waals surface area contributed by atoms with Gasteiger partial charge in [0.15, 0.2) is 0 Å². The number of fused-ring (bicyclic) bond motifs is 1. The normalized spacial score (nSPS) is 10.5. The molecule has 0 saturated carbocycles. The molecule has 3 N–H and O–H groups in total. The molecule has 0 fully saturated rings. The van der Waals surface area contributed by atoms with Crippen molar-refractivity contribution in [1.82, 2.24) is 10.8 Å². The molecule has 0 radical (unpaired) electrons. The van der Waals surface area contributed by atoms with Crippen molar-refractivity contribution in [2.24, 2.45) is 0 Å². The van der Waals surface area contributed by atoms with E-state index < -0.39 is 17.4 Å². The molecule has 8 heteroatoms. The second-order valence-corrected chi connectivity index (χ2v) is 5.81. The summed E-state index contributed by atoms with van der Waals surface area (Å²) in [6, 6.07) is 6.48. The van der Waals surface area contributed by atoms with Crippen LogP contribution in [0.1, 0.15) is 42.5 Å². The Labute approximate surface area is 150 Å². The Hall–Kier alpha value is -2.87. The second-order valence-electron chi connectivity index (χ2n) is 5.81. The predicted molar refractivity (Wildman–Crippen MR) is 94.4 cm³/mol. The molecule has 2 aromatic rings. The van der Waals surface area contributed by atoms with Gasteiger partial charge in [0.2, 0.25) is 5.91 Å². The van der Waals surface area contributed by atoms with Gasteiger partial charge in [-0.05, 0) is 37.1 Å². The lowest BCUT2D eigenvalue weighted by Gasteiger charge is -2.06. The van der Waals surface area contributed by atoms with E-state index in [1.165, 1.54) is 13.2 Å². The number of hydroxylamine groups is 1. The highest BCUT2D eigenvalue weighted by atomic mass is 16.5. The average Bonchev–Trinajstić information content (AvgIpc) is 2.65. The van der Waals surface area contributed by atoms with E-state index in [-0.39, 0.29) is 12.0 Å². The molecule has 0 atom stereocenters. The molecule has 0 spiro atoms. The fraction of sp³-hybridized carbons (Fsp3) is 0.389. The van der Waals surface area contributed by atoms with Gasteiger partial charge >= 0.3 is 5.63 Å². The van der Waals surface area contributed by atoms with Crippen molar-refractivity contribution >= 4 is 22.8 Å². The van der Waals surface area contributed by atoms with Gasteiger partial charge in [-0.1, -0.05) is 12.8 Å². The second kappa shape index (κ2) is 9.57. The highest BCUT2D eigenvalue weighted by molar-refractivity contribution is 5.96. The first-order valence-electron chi connectivity index (χ1n) is 8.38. The Kier molecular flexibility index (Phi) is 7.16. The van der Waals surface area contributed by atoms with Crippen LogP contribution in [0.15, 0.2) is 33.5 Å². The molecule has 0 aliphatic rings. The van der Waals surface area contributed by atoms with Crippen molar-refractivity contribution in [1.29, 1.82) is 0 Å². The van der Waals surface area contributed by atoms with Crippen LogP contribution < -0.4 is 21.2 Å². The number of benzene rings is 1. The fourth-order valence-corrected chi connectivity index (χ4v) is 2.50. The summed E-state index contributed by atoms with van der Waals surface area (Å²) in [7, 11) is 1.53. The zero-order chi connectivity index (χ0) is 18.9. The van der Waals surface area contributed by atoms with Crippen molar-refractivity contribution in [3.8, 4) is 5.75 Å². The molecule has 140 valence electrons. The first-order chi connectivity index (χ1) is 12.5. The molecule has 2 rings (SSSR count). The van der Waals surface area contributed by atoms with Crippen LogP contribution in [0.25, 0.3) is 11.0 Å². The number of rotatable bonds is 9. The SMILES string of the molecule is COc1ccc2oc(=O)c(C(=O)NCCCCCCC(=O)NO)cc2c1. The molecule has 1 aromatic carbocycles. The van der Waals surface area contributed by atoms with Gasteiger partial charge < -0.3 is 14.5 Å². The molecule has 0 bridgehead atoms. The minimum atomic E-state index is -0.685. The van der Waals surface area contributed by atoms with Crippen molar-refractivity contribution in [3.05, 3.63) is 40.2 Å². The lowest BCUT2D eigenvalue weighted by Crippen LogP contribution is -2.29. The van der Waals surface area contributed by atoms with E-state index in [0.29, 0.717) is 29.7 Å². The molecule has 0 saturated heterocycles. The summed E-state index contributed by atoms with van der Waals surface area (Å²) >= 11 is 0. The van der Waals surface area contributed by atoms with Gasteiger partial charge in [-0.25, -0.2) is 10.3 Å². The van der Waals surface area contributed by atoms with Gasteiger partial charge in [0.05, 0.1) is 7.11 Å². The Bertz CT molecular complexity index is 830. The Balaban J connectivity index is 1.86. The molecule has 2 amide bonds. The summed E-state index contributed by atoms with van der Waals surface area (Å²) < 4.78 is 10.3. The Morgan fingerprint density at radius 2 is 1.92 bits per heavy atom. The number of nitrogens with one attached hydrogen (secondary N) is 2. The van der Waals surface area contributed by atoms with E-state index in [2.05, 4.69) is 5.32 Å². The lowest BCUT2D eigenvalue weighted by atomic mass is 10.1.